The Morgan fingerprint density at radius 3 is 2.84 bits per heavy atom. The number of aromatic amines is 1. The first kappa shape index (κ1) is 14.0. The Balaban J connectivity index is 1.99. The Morgan fingerprint density at radius 1 is 1.58 bits per heavy atom. The lowest BCUT2D eigenvalue weighted by atomic mass is 10.2. The Kier molecular flexibility index (Phi) is 4.21. The fourth-order valence-electron chi connectivity index (χ4n) is 2.37. The van der Waals surface area contributed by atoms with Crippen molar-refractivity contribution in [3.8, 4) is 0 Å². The lowest BCUT2D eigenvalue weighted by Crippen LogP contribution is -2.44. The van der Waals surface area contributed by atoms with Gasteiger partial charge in [0.15, 0.2) is 5.82 Å². The van der Waals surface area contributed by atoms with Gasteiger partial charge >= 0.3 is 0 Å². The second kappa shape index (κ2) is 5.71. The average molecular weight is 266 g/mol. The number of aromatic nitrogens is 2. The van der Waals surface area contributed by atoms with Gasteiger partial charge in [-0.2, -0.15) is 0 Å². The van der Waals surface area contributed by atoms with Gasteiger partial charge in [0.1, 0.15) is 0 Å². The Bertz CT molecular complexity index is 444. The van der Waals surface area contributed by atoms with Crippen LogP contribution >= 0.6 is 0 Å². The van der Waals surface area contributed by atoms with Crippen LogP contribution in [0.25, 0.3) is 0 Å². The van der Waals surface area contributed by atoms with E-state index in [0.29, 0.717) is 11.9 Å². The van der Waals surface area contributed by atoms with Gasteiger partial charge in [0.05, 0.1) is 12.1 Å². The SMILES string of the molecule is CO[C@H]1CN(C(C)C)C[C@@H]1NC(=O)c1ncc(C)[nH]1. The number of rotatable bonds is 4. The molecule has 1 amide bonds. The third-order valence-electron chi connectivity index (χ3n) is 3.56. The van der Waals surface area contributed by atoms with Gasteiger partial charge in [-0.25, -0.2) is 4.98 Å². The van der Waals surface area contributed by atoms with Gasteiger partial charge in [-0.1, -0.05) is 0 Å². The highest BCUT2D eigenvalue weighted by molar-refractivity contribution is 5.90. The minimum absolute atomic E-state index is 0.00491. The molecule has 106 valence electrons. The molecular formula is C13H22N4O2. The van der Waals surface area contributed by atoms with E-state index in [1.165, 1.54) is 0 Å². The van der Waals surface area contributed by atoms with Crippen LogP contribution < -0.4 is 5.32 Å². The second-order valence-electron chi connectivity index (χ2n) is 5.32. The lowest BCUT2D eigenvalue weighted by molar-refractivity contribution is 0.0747. The average Bonchev–Trinajstić information content (AvgIpc) is 2.95. The number of likely N-dealkylation sites (tertiary alicyclic amines) is 1. The quantitative estimate of drug-likeness (QED) is 0.835. The standard InChI is InChI=1S/C13H22N4O2/c1-8(2)17-6-10(11(7-17)19-4)16-13(18)12-14-5-9(3)15-12/h5,8,10-11H,6-7H2,1-4H3,(H,14,15)(H,16,18)/t10-,11-/m0/s1. The summed E-state index contributed by atoms with van der Waals surface area (Å²) in [6.45, 7) is 7.81. The summed E-state index contributed by atoms with van der Waals surface area (Å²) < 4.78 is 5.46. The van der Waals surface area contributed by atoms with Crippen LogP contribution in [0.1, 0.15) is 30.2 Å². The Labute approximate surface area is 113 Å². The van der Waals surface area contributed by atoms with Crippen molar-refractivity contribution in [1.29, 1.82) is 0 Å². The van der Waals surface area contributed by atoms with Crippen LogP contribution in [0.2, 0.25) is 0 Å². The number of carbonyl (C=O) groups excluding carboxylic acids is 1. The van der Waals surface area contributed by atoms with Crippen molar-refractivity contribution in [2.45, 2.75) is 39.0 Å². The molecule has 0 radical (unpaired) electrons. The van der Waals surface area contributed by atoms with Crippen molar-refractivity contribution in [1.82, 2.24) is 20.2 Å². The number of ether oxygens (including phenoxy) is 1. The molecule has 1 aromatic heterocycles. The molecule has 0 spiro atoms. The summed E-state index contributed by atoms with van der Waals surface area (Å²) >= 11 is 0. The summed E-state index contributed by atoms with van der Waals surface area (Å²) in [5.41, 5.74) is 0.878. The monoisotopic (exact) mass is 266 g/mol. The first-order chi connectivity index (χ1) is 9.01. The van der Waals surface area contributed by atoms with E-state index in [1.54, 1.807) is 13.3 Å². The lowest BCUT2D eigenvalue weighted by Gasteiger charge is -2.19. The highest BCUT2D eigenvalue weighted by atomic mass is 16.5. The Morgan fingerprint density at radius 2 is 2.32 bits per heavy atom. The van der Waals surface area contributed by atoms with Crippen LogP contribution in [0.4, 0.5) is 0 Å². The fourth-order valence-corrected chi connectivity index (χ4v) is 2.37. The molecule has 1 aromatic rings. The minimum atomic E-state index is -0.175. The van der Waals surface area contributed by atoms with E-state index >= 15 is 0 Å². The molecule has 2 rings (SSSR count). The number of carbonyl (C=O) groups is 1. The van der Waals surface area contributed by atoms with Gasteiger partial charge in [-0.15, -0.1) is 0 Å². The number of methoxy groups -OCH3 is 1. The number of imidazole rings is 1. The number of hydrogen-bond donors (Lipinski definition) is 2. The number of H-pyrrole nitrogens is 1. The van der Waals surface area contributed by atoms with Crippen molar-refractivity contribution in [3.63, 3.8) is 0 Å². The maximum Gasteiger partial charge on any atom is 0.287 e. The number of aryl methyl sites for hydroxylation is 1. The van der Waals surface area contributed by atoms with Gasteiger partial charge in [0.25, 0.3) is 5.91 Å². The maximum absolute atomic E-state index is 12.1. The van der Waals surface area contributed by atoms with Crippen molar-refractivity contribution >= 4 is 5.91 Å². The number of amides is 1. The molecule has 0 unspecified atom stereocenters. The topological polar surface area (TPSA) is 70.2 Å². The highest BCUT2D eigenvalue weighted by Gasteiger charge is 2.35. The molecule has 2 N–H and O–H groups in total. The molecule has 6 nitrogen and oxygen atoms in total. The summed E-state index contributed by atoms with van der Waals surface area (Å²) in [6, 6.07) is 0.454. The summed E-state index contributed by atoms with van der Waals surface area (Å²) in [6.07, 6.45) is 1.68. The van der Waals surface area contributed by atoms with Gasteiger partial charge < -0.3 is 15.0 Å². The third-order valence-corrected chi connectivity index (χ3v) is 3.56. The number of nitrogens with zero attached hydrogens (tertiary/aromatic N) is 2. The van der Waals surface area contributed by atoms with Crippen molar-refractivity contribution < 1.29 is 9.53 Å². The molecule has 6 heteroatoms. The first-order valence-corrected chi connectivity index (χ1v) is 6.60. The van der Waals surface area contributed by atoms with Gasteiger partial charge in [0, 0.05) is 38.1 Å². The van der Waals surface area contributed by atoms with Gasteiger partial charge in [0.2, 0.25) is 0 Å². The minimum Gasteiger partial charge on any atom is -0.378 e. The van der Waals surface area contributed by atoms with E-state index < -0.39 is 0 Å². The molecule has 1 aliphatic heterocycles. The van der Waals surface area contributed by atoms with Crippen LogP contribution in [-0.2, 0) is 4.74 Å². The van der Waals surface area contributed by atoms with Crippen LogP contribution in [0, 0.1) is 6.92 Å². The molecule has 0 aromatic carbocycles. The van der Waals surface area contributed by atoms with Crippen molar-refractivity contribution in [2.24, 2.45) is 0 Å². The van der Waals surface area contributed by atoms with Crippen LogP contribution in [0.15, 0.2) is 6.20 Å². The van der Waals surface area contributed by atoms with Crippen LogP contribution in [0.3, 0.4) is 0 Å². The molecule has 1 aliphatic rings. The molecule has 19 heavy (non-hydrogen) atoms. The van der Waals surface area contributed by atoms with E-state index in [9.17, 15) is 4.79 Å². The molecule has 0 aliphatic carbocycles. The van der Waals surface area contributed by atoms with E-state index in [0.717, 1.165) is 18.8 Å². The summed E-state index contributed by atoms with van der Waals surface area (Å²) in [7, 11) is 1.69. The maximum atomic E-state index is 12.1. The predicted octanol–water partition coefficient (Wildman–Crippen LogP) is 0.556. The zero-order chi connectivity index (χ0) is 14.0. The molecule has 1 fully saturated rings. The van der Waals surface area contributed by atoms with E-state index in [1.807, 2.05) is 6.92 Å². The zero-order valence-corrected chi connectivity index (χ0v) is 11.9. The van der Waals surface area contributed by atoms with E-state index in [4.69, 9.17) is 4.74 Å². The number of hydrogen-bond acceptors (Lipinski definition) is 4. The smallest absolute Gasteiger partial charge is 0.287 e. The van der Waals surface area contributed by atoms with Gasteiger partial charge in [-0.05, 0) is 20.8 Å². The second-order valence-corrected chi connectivity index (χ2v) is 5.32. The van der Waals surface area contributed by atoms with Crippen molar-refractivity contribution in [2.75, 3.05) is 20.2 Å². The third kappa shape index (κ3) is 3.13. The molecule has 2 heterocycles. The normalized spacial score (nSPS) is 24.1. The Hall–Kier alpha value is -1.40. The van der Waals surface area contributed by atoms with Crippen molar-refractivity contribution in [3.05, 3.63) is 17.7 Å². The molecule has 1 saturated heterocycles. The van der Waals surface area contributed by atoms with Crippen LogP contribution in [0.5, 0.6) is 0 Å². The predicted molar refractivity (Wildman–Crippen MR) is 72.1 cm³/mol. The van der Waals surface area contributed by atoms with E-state index in [-0.39, 0.29) is 18.1 Å². The highest BCUT2D eigenvalue weighted by Crippen LogP contribution is 2.16. The summed E-state index contributed by atoms with van der Waals surface area (Å²) in [4.78, 5) is 21.4. The zero-order valence-electron chi connectivity index (χ0n) is 11.9. The summed E-state index contributed by atoms with van der Waals surface area (Å²) in [5.74, 6) is 0.182. The molecular weight excluding hydrogens is 244 g/mol. The fraction of sp³-hybridized carbons (Fsp3) is 0.692. The molecule has 2 atom stereocenters. The van der Waals surface area contributed by atoms with Gasteiger partial charge in [-0.3, -0.25) is 9.69 Å². The first-order valence-electron chi connectivity index (χ1n) is 6.60. The summed E-state index contributed by atoms with van der Waals surface area (Å²) in [5, 5.41) is 3.00. The van der Waals surface area contributed by atoms with E-state index in [2.05, 4.69) is 34.0 Å². The largest absolute Gasteiger partial charge is 0.378 e. The van der Waals surface area contributed by atoms with Crippen LogP contribution in [-0.4, -0.2) is 59.2 Å². The number of nitrogens with one attached hydrogen (secondary N) is 2. The molecule has 0 saturated carbocycles. The molecule has 0 bridgehead atoms.